The van der Waals surface area contributed by atoms with Crippen molar-refractivity contribution in [1.82, 2.24) is 19.7 Å². The van der Waals surface area contributed by atoms with Gasteiger partial charge in [-0.05, 0) is 75.6 Å². The minimum absolute atomic E-state index is 0.0128. The van der Waals surface area contributed by atoms with Gasteiger partial charge in [0.1, 0.15) is 0 Å². The average Bonchev–Trinajstić information content (AvgIpc) is 3.38. The van der Waals surface area contributed by atoms with Gasteiger partial charge in [-0.25, -0.2) is 0 Å². The Morgan fingerprint density at radius 3 is 2.54 bits per heavy atom. The third kappa shape index (κ3) is 5.18. The first kappa shape index (κ1) is 29.0. The maximum absolute atomic E-state index is 14.3. The van der Waals surface area contributed by atoms with Crippen LogP contribution in [0, 0.1) is 0 Å². The lowest BCUT2D eigenvalue weighted by molar-refractivity contribution is -0.166. The van der Waals surface area contributed by atoms with E-state index in [-0.39, 0.29) is 24.3 Å². The zero-order valence-corrected chi connectivity index (χ0v) is 25.2. The van der Waals surface area contributed by atoms with Crippen molar-refractivity contribution in [3.63, 3.8) is 0 Å². The quantitative estimate of drug-likeness (QED) is 0.333. The van der Waals surface area contributed by atoms with Crippen LogP contribution >= 0.6 is 0 Å². The maximum Gasteiger partial charge on any atom is 0.254 e. The Morgan fingerprint density at radius 2 is 1.80 bits per heavy atom. The number of H-pyrrole nitrogens is 1. The highest BCUT2D eigenvalue weighted by molar-refractivity contribution is 6.01. The van der Waals surface area contributed by atoms with Crippen LogP contribution in [0.2, 0.25) is 0 Å². The molecule has 1 saturated heterocycles. The van der Waals surface area contributed by atoms with E-state index in [1.807, 2.05) is 44.2 Å². The Balaban J connectivity index is 1.56. The number of para-hydroxylation sites is 1. The average molecular weight is 561 g/mol. The summed E-state index contributed by atoms with van der Waals surface area (Å²) in [5, 5.41) is 1.08. The molecule has 3 aromatic rings. The molecule has 0 saturated carbocycles. The lowest BCUT2D eigenvalue weighted by Gasteiger charge is -2.51. The van der Waals surface area contributed by atoms with Crippen LogP contribution in [0.25, 0.3) is 10.9 Å². The molecular formula is C33H44N4O4. The number of rotatable bonds is 12. The lowest BCUT2D eigenvalue weighted by atomic mass is 9.76. The summed E-state index contributed by atoms with van der Waals surface area (Å²) < 4.78 is 12.0. The second-order valence-electron chi connectivity index (χ2n) is 11.2. The number of fused-ring (bicyclic) bond motifs is 5. The zero-order chi connectivity index (χ0) is 29.1. The molecule has 0 radical (unpaired) electrons. The lowest BCUT2D eigenvalue weighted by Crippen LogP contribution is -2.67. The Bertz CT molecular complexity index is 1400. The van der Waals surface area contributed by atoms with Gasteiger partial charge >= 0.3 is 0 Å². The highest BCUT2D eigenvalue weighted by Crippen LogP contribution is 2.49. The zero-order valence-electron chi connectivity index (χ0n) is 25.2. The third-order valence-electron chi connectivity index (χ3n) is 8.75. The molecule has 3 heterocycles. The van der Waals surface area contributed by atoms with Crippen molar-refractivity contribution in [3.05, 3.63) is 59.3 Å². The molecule has 0 bridgehead atoms. The Kier molecular flexibility index (Phi) is 8.59. The normalized spacial score (nSPS) is 20.5. The van der Waals surface area contributed by atoms with Gasteiger partial charge in [-0.3, -0.25) is 9.59 Å². The van der Waals surface area contributed by atoms with E-state index in [0.29, 0.717) is 32.1 Å². The van der Waals surface area contributed by atoms with Crippen LogP contribution in [-0.2, 0) is 15.1 Å². The van der Waals surface area contributed by atoms with Crippen LogP contribution in [0.3, 0.4) is 0 Å². The van der Waals surface area contributed by atoms with Gasteiger partial charge in [0.05, 0.1) is 25.5 Å². The number of hydrogen-bond donors (Lipinski definition) is 1. The number of carbonyl (C=O) groups excluding carboxylic acids is 2. The van der Waals surface area contributed by atoms with Crippen LogP contribution in [0.1, 0.15) is 70.2 Å². The highest BCUT2D eigenvalue weighted by atomic mass is 16.5. The van der Waals surface area contributed by atoms with E-state index in [1.54, 1.807) is 9.80 Å². The number of aromatic amines is 1. The number of benzene rings is 2. The molecular weight excluding hydrogens is 516 g/mol. The summed E-state index contributed by atoms with van der Waals surface area (Å²) in [6, 6.07) is 14.3. The van der Waals surface area contributed by atoms with E-state index in [9.17, 15) is 9.59 Å². The van der Waals surface area contributed by atoms with Gasteiger partial charge in [0.25, 0.3) is 5.91 Å². The summed E-state index contributed by atoms with van der Waals surface area (Å²) in [6.07, 6.45) is 1.75. The van der Waals surface area contributed by atoms with Crippen LogP contribution in [0.15, 0.2) is 42.5 Å². The number of aromatic nitrogens is 1. The fourth-order valence-corrected chi connectivity index (χ4v) is 6.52. The highest BCUT2D eigenvalue weighted by Gasteiger charge is 2.56. The third-order valence-corrected chi connectivity index (χ3v) is 8.75. The van der Waals surface area contributed by atoms with E-state index >= 15 is 0 Å². The Labute approximate surface area is 243 Å². The van der Waals surface area contributed by atoms with Crippen molar-refractivity contribution < 1.29 is 19.1 Å². The first-order chi connectivity index (χ1) is 19.9. The Hall–Kier alpha value is -3.52. The molecule has 8 nitrogen and oxygen atoms in total. The minimum Gasteiger partial charge on any atom is -0.490 e. The first-order valence-electron chi connectivity index (χ1n) is 15.2. The molecule has 1 aromatic heterocycles. The largest absolute Gasteiger partial charge is 0.490 e. The number of hydrogen-bond acceptors (Lipinski definition) is 5. The molecule has 5 rings (SSSR count). The predicted molar refractivity (Wildman–Crippen MR) is 162 cm³/mol. The van der Waals surface area contributed by atoms with E-state index in [1.165, 1.54) is 0 Å². The van der Waals surface area contributed by atoms with Crippen molar-refractivity contribution >= 4 is 22.7 Å². The second kappa shape index (κ2) is 12.1. The van der Waals surface area contributed by atoms with E-state index in [0.717, 1.165) is 65.9 Å². The predicted octanol–water partition coefficient (Wildman–Crippen LogP) is 5.12. The van der Waals surface area contributed by atoms with Gasteiger partial charge in [-0.15, -0.1) is 0 Å². The van der Waals surface area contributed by atoms with Crippen LogP contribution in [-0.4, -0.2) is 84.0 Å². The molecule has 2 amide bonds. The molecule has 2 aliphatic rings. The van der Waals surface area contributed by atoms with E-state index < -0.39 is 5.54 Å². The molecule has 0 aliphatic carbocycles. The van der Waals surface area contributed by atoms with Crippen molar-refractivity contribution in [2.75, 3.05) is 52.5 Å². The van der Waals surface area contributed by atoms with Gasteiger partial charge in [-0.2, -0.15) is 0 Å². The van der Waals surface area contributed by atoms with Crippen LogP contribution in [0.5, 0.6) is 11.5 Å². The molecule has 220 valence electrons. The van der Waals surface area contributed by atoms with Gasteiger partial charge in [0.15, 0.2) is 17.0 Å². The molecule has 2 aromatic carbocycles. The molecule has 8 heteroatoms. The molecule has 1 N–H and O–H groups in total. The van der Waals surface area contributed by atoms with Gasteiger partial charge < -0.3 is 29.2 Å². The van der Waals surface area contributed by atoms with Crippen LogP contribution in [0.4, 0.5) is 0 Å². The maximum atomic E-state index is 14.3. The topological polar surface area (TPSA) is 78.1 Å². The molecule has 1 fully saturated rings. The summed E-state index contributed by atoms with van der Waals surface area (Å²) in [5.74, 6) is 1.27. The summed E-state index contributed by atoms with van der Waals surface area (Å²) in [5.41, 5.74) is 2.80. The van der Waals surface area contributed by atoms with Gasteiger partial charge in [0, 0.05) is 29.9 Å². The summed E-state index contributed by atoms with van der Waals surface area (Å²) in [6.45, 7) is 15.4. The minimum atomic E-state index is -1.09. The van der Waals surface area contributed by atoms with E-state index in [2.05, 4.69) is 42.8 Å². The molecule has 0 unspecified atom stereocenters. The number of carbonyl (C=O) groups is 2. The van der Waals surface area contributed by atoms with Gasteiger partial charge in [-0.1, -0.05) is 45.0 Å². The second-order valence-corrected chi connectivity index (χ2v) is 11.2. The number of nitrogens with one attached hydrogen (secondary N) is 1. The van der Waals surface area contributed by atoms with E-state index in [4.69, 9.17) is 9.47 Å². The molecule has 2 atom stereocenters. The monoisotopic (exact) mass is 560 g/mol. The first-order valence-corrected chi connectivity index (χ1v) is 15.2. The number of nitrogens with zero attached hydrogens (tertiary/aromatic N) is 3. The van der Waals surface area contributed by atoms with Crippen molar-refractivity contribution in [3.8, 4) is 11.5 Å². The number of amides is 2. The summed E-state index contributed by atoms with van der Waals surface area (Å²) >= 11 is 0. The summed E-state index contributed by atoms with van der Waals surface area (Å²) in [7, 11) is 0. The standard InChI is InChI=1S/C33H44N4O4/c1-6-19-41-27-16-15-23(20-28(27)40-9-4)25-21-37-29(38)22-36(18-12-17-35(7-2)8-3)32(39)33(37,5)31-30(25)24-13-10-11-14-26(24)34-31/h10-11,13-16,20,25,34H,6-9,12,17-19,21-22H2,1-5H3/t25-,33-/m0/s1. The molecule has 41 heavy (non-hydrogen) atoms. The van der Waals surface area contributed by atoms with Crippen molar-refractivity contribution in [2.24, 2.45) is 0 Å². The number of piperazine rings is 1. The van der Waals surface area contributed by atoms with Crippen LogP contribution < -0.4 is 9.47 Å². The summed E-state index contributed by atoms with van der Waals surface area (Å²) in [4.78, 5) is 37.6. The Morgan fingerprint density at radius 1 is 1.02 bits per heavy atom. The molecule has 2 aliphatic heterocycles. The van der Waals surface area contributed by atoms with Crippen molar-refractivity contribution in [2.45, 2.75) is 58.9 Å². The van der Waals surface area contributed by atoms with Gasteiger partial charge in [0.2, 0.25) is 5.91 Å². The number of ether oxygens (including phenoxy) is 2. The SMILES string of the molecule is CCCOc1ccc([C@@H]2CN3C(=O)CN(CCCN(CC)CC)C(=O)[C@]3(C)c3[nH]c4ccccc4c32)cc1OCC. The molecule has 0 spiro atoms. The smallest absolute Gasteiger partial charge is 0.254 e. The van der Waals surface area contributed by atoms with Crippen molar-refractivity contribution in [1.29, 1.82) is 0 Å². The fraction of sp³-hybridized carbons (Fsp3) is 0.515. The fourth-order valence-electron chi connectivity index (χ4n) is 6.52.